The first-order valence-corrected chi connectivity index (χ1v) is 11.7. The van der Waals surface area contributed by atoms with Gasteiger partial charge in [-0.2, -0.15) is 5.26 Å². The molecule has 4 aromatic rings. The average molecular weight is 490 g/mol. The molecule has 1 heterocycles. The van der Waals surface area contributed by atoms with Crippen molar-refractivity contribution in [1.82, 2.24) is 14.8 Å². The van der Waals surface area contributed by atoms with E-state index in [1.165, 1.54) is 11.8 Å². The molecule has 34 heavy (non-hydrogen) atoms. The van der Waals surface area contributed by atoms with E-state index in [9.17, 15) is 4.79 Å². The molecule has 0 radical (unpaired) electrons. The van der Waals surface area contributed by atoms with Crippen molar-refractivity contribution in [3.63, 3.8) is 0 Å². The van der Waals surface area contributed by atoms with Crippen LogP contribution >= 0.6 is 23.4 Å². The van der Waals surface area contributed by atoms with Gasteiger partial charge in [-0.25, -0.2) is 0 Å². The van der Waals surface area contributed by atoms with E-state index in [4.69, 9.17) is 21.6 Å². The van der Waals surface area contributed by atoms with E-state index in [0.29, 0.717) is 39.5 Å². The number of amides is 1. The average Bonchev–Trinajstić information content (AvgIpc) is 3.24. The lowest BCUT2D eigenvalue weighted by molar-refractivity contribution is -0.113. The smallest absolute Gasteiger partial charge is 0.234 e. The van der Waals surface area contributed by atoms with Crippen LogP contribution in [0.15, 0.2) is 84.0 Å². The van der Waals surface area contributed by atoms with Crippen LogP contribution in [0.4, 0.5) is 5.69 Å². The van der Waals surface area contributed by atoms with Gasteiger partial charge in [0.25, 0.3) is 0 Å². The molecule has 0 spiro atoms. The third-order valence-electron chi connectivity index (χ3n) is 4.77. The van der Waals surface area contributed by atoms with Gasteiger partial charge >= 0.3 is 0 Å². The minimum atomic E-state index is -0.201. The first kappa shape index (κ1) is 23.4. The number of hydrogen-bond donors (Lipinski definition) is 1. The van der Waals surface area contributed by atoms with Gasteiger partial charge in [0.1, 0.15) is 12.4 Å². The largest absolute Gasteiger partial charge is 0.486 e. The summed E-state index contributed by atoms with van der Waals surface area (Å²) in [6.07, 6.45) is 0. The quantitative estimate of drug-likeness (QED) is 0.326. The third-order valence-corrected chi connectivity index (χ3v) is 5.99. The van der Waals surface area contributed by atoms with Crippen molar-refractivity contribution in [2.24, 2.45) is 0 Å². The molecular formula is C25H20ClN5O2S. The summed E-state index contributed by atoms with van der Waals surface area (Å²) >= 11 is 7.23. The number of nitrogens with zero attached hydrogens (tertiary/aromatic N) is 4. The van der Waals surface area contributed by atoms with Crippen molar-refractivity contribution in [2.75, 3.05) is 11.1 Å². The summed E-state index contributed by atoms with van der Waals surface area (Å²) < 4.78 is 7.81. The summed E-state index contributed by atoms with van der Waals surface area (Å²) in [6.45, 7) is 0.760. The molecule has 0 aliphatic heterocycles. The Morgan fingerprint density at radius 2 is 1.85 bits per heavy atom. The maximum atomic E-state index is 12.5. The number of ether oxygens (including phenoxy) is 1. The highest BCUT2D eigenvalue weighted by Gasteiger charge is 2.16. The van der Waals surface area contributed by atoms with Gasteiger partial charge in [0.05, 0.1) is 23.9 Å². The Bertz CT molecular complexity index is 1300. The lowest BCUT2D eigenvalue weighted by atomic mass is 10.2. The van der Waals surface area contributed by atoms with E-state index in [1.807, 2.05) is 34.9 Å². The number of aromatic nitrogens is 3. The van der Waals surface area contributed by atoms with E-state index in [1.54, 1.807) is 48.5 Å². The van der Waals surface area contributed by atoms with E-state index in [0.717, 1.165) is 5.56 Å². The van der Waals surface area contributed by atoms with Crippen molar-refractivity contribution < 1.29 is 9.53 Å². The second kappa shape index (κ2) is 11.4. The standard InChI is InChI=1S/C25H20ClN5O2S/c26-20-9-11-22(12-10-20)33-16-23-29-30-25(31(23)15-18-5-2-1-3-6-18)34-17-24(32)28-21-8-4-7-19(13-21)14-27/h1-13H,15-17H2,(H,28,32). The molecule has 0 unspecified atom stereocenters. The minimum absolute atomic E-state index is 0.141. The summed E-state index contributed by atoms with van der Waals surface area (Å²) in [5.41, 5.74) is 2.14. The Hall–Kier alpha value is -3.80. The van der Waals surface area contributed by atoms with Crippen LogP contribution in [0.2, 0.25) is 5.02 Å². The van der Waals surface area contributed by atoms with Crippen LogP contribution in [-0.2, 0) is 17.9 Å². The molecule has 0 bridgehead atoms. The van der Waals surface area contributed by atoms with Crippen LogP contribution < -0.4 is 10.1 Å². The predicted octanol–water partition coefficient (Wildman–Crippen LogP) is 5.16. The number of nitrogens with one attached hydrogen (secondary N) is 1. The highest BCUT2D eigenvalue weighted by Crippen LogP contribution is 2.22. The topological polar surface area (TPSA) is 92.8 Å². The molecule has 170 valence electrons. The summed E-state index contributed by atoms with van der Waals surface area (Å²) in [6, 6.07) is 25.9. The van der Waals surface area contributed by atoms with Crippen molar-refractivity contribution in [3.8, 4) is 11.8 Å². The number of carbonyl (C=O) groups is 1. The molecule has 4 rings (SSSR count). The van der Waals surface area contributed by atoms with Crippen LogP contribution in [-0.4, -0.2) is 26.4 Å². The Morgan fingerprint density at radius 1 is 1.06 bits per heavy atom. The van der Waals surface area contributed by atoms with Crippen LogP contribution in [0, 0.1) is 11.3 Å². The van der Waals surface area contributed by atoms with Crippen molar-refractivity contribution >= 4 is 35.0 Å². The minimum Gasteiger partial charge on any atom is -0.486 e. The zero-order chi connectivity index (χ0) is 23.8. The Labute approximate surface area is 206 Å². The number of anilines is 1. The third kappa shape index (κ3) is 6.38. The SMILES string of the molecule is N#Cc1cccc(NC(=O)CSc2nnc(COc3ccc(Cl)cc3)n2Cc2ccccc2)c1. The van der Waals surface area contributed by atoms with E-state index in [2.05, 4.69) is 21.6 Å². The number of nitriles is 1. The molecule has 7 nitrogen and oxygen atoms in total. The van der Waals surface area contributed by atoms with Crippen LogP contribution in [0.5, 0.6) is 5.75 Å². The van der Waals surface area contributed by atoms with Gasteiger partial charge in [-0.1, -0.05) is 59.8 Å². The van der Waals surface area contributed by atoms with Crippen molar-refractivity contribution in [3.05, 3.63) is 101 Å². The maximum absolute atomic E-state index is 12.5. The monoisotopic (exact) mass is 489 g/mol. The molecule has 3 aromatic carbocycles. The van der Waals surface area contributed by atoms with E-state index < -0.39 is 0 Å². The number of carbonyl (C=O) groups excluding carboxylic acids is 1. The Balaban J connectivity index is 1.46. The molecular weight excluding hydrogens is 470 g/mol. The molecule has 0 aliphatic rings. The second-order valence-corrected chi connectivity index (χ2v) is 8.62. The fraction of sp³-hybridized carbons (Fsp3) is 0.120. The van der Waals surface area contributed by atoms with Crippen LogP contribution in [0.25, 0.3) is 0 Å². The van der Waals surface area contributed by atoms with Gasteiger partial charge in [0.2, 0.25) is 5.91 Å². The number of halogens is 1. The molecule has 0 saturated carbocycles. The highest BCUT2D eigenvalue weighted by molar-refractivity contribution is 7.99. The number of hydrogen-bond acceptors (Lipinski definition) is 6. The highest BCUT2D eigenvalue weighted by atomic mass is 35.5. The second-order valence-electron chi connectivity index (χ2n) is 7.24. The molecule has 0 aliphatic carbocycles. The molecule has 0 atom stereocenters. The van der Waals surface area contributed by atoms with E-state index in [-0.39, 0.29) is 18.3 Å². The fourth-order valence-corrected chi connectivity index (χ4v) is 4.01. The maximum Gasteiger partial charge on any atom is 0.234 e. The summed E-state index contributed by atoms with van der Waals surface area (Å²) in [7, 11) is 0. The normalized spacial score (nSPS) is 10.5. The predicted molar refractivity (Wildman–Crippen MR) is 132 cm³/mol. The Morgan fingerprint density at radius 3 is 2.62 bits per heavy atom. The van der Waals surface area contributed by atoms with Gasteiger partial charge in [-0.05, 0) is 48.0 Å². The molecule has 1 amide bonds. The molecule has 1 N–H and O–H groups in total. The van der Waals surface area contributed by atoms with Gasteiger partial charge in [0, 0.05) is 10.7 Å². The summed E-state index contributed by atoms with van der Waals surface area (Å²) in [4.78, 5) is 12.5. The first-order valence-electron chi connectivity index (χ1n) is 10.4. The zero-order valence-corrected chi connectivity index (χ0v) is 19.6. The van der Waals surface area contributed by atoms with Crippen LogP contribution in [0.3, 0.4) is 0 Å². The number of rotatable bonds is 9. The van der Waals surface area contributed by atoms with Gasteiger partial charge in [0.15, 0.2) is 11.0 Å². The van der Waals surface area contributed by atoms with Crippen molar-refractivity contribution in [2.45, 2.75) is 18.3 Å². The Kier molecular flexibility index (Phi) is 7.81. The lowest BCUT2D eigenvalue weighted by Crippen LogP contribution is -2.15. The fourth-order valence-electron chi connectivity index (χ4n) is 3.13. The molecule has 0 saturated heterocycles. The number of benzene rings is 3. The van der Waals surface area contributed by atoms with Crippen molar-refractivity contribution in [1.29, 1.82) is 5.26 Å². The van der Waals surface area contributed by atoms with Crippen LogP contribution in [0.1, 0.15) is 17.0 Å². The van der Waals surface area contributed by atoms with Gasteiger partial charge in [-0.3, -0.25) is 9.36 Å². The lowest BCUT2D eigenvalue weighted by Gasteiger charge is -2.11. The molecule has 0 fully saturated rings. The van der Waals surface area contributed by atoms with Gasteiger partial charge in [-0.15, -0.1) is 10.2 Å². The summed E-state index contributed by atoms with van der Waals surface area (Å²) in [5, 5.41) is 21.7. The van der Waals surface area contributed by atoms with Gasteiger partial charge < -0.3 is 10.1 Å². The zero-order valence-electron chi connectivity index (χ0n) is 18.0. The summed E-state index contributed by atoms with van der Waals surface area (Å²) in [5.74, 6) is 1.26. The molecule has 1 aromatic heterocycles. The first-order chi connectivity index (χ1) is 16.6. The van der Waals surface area contributed by atoms with E-state index >= 15 is 0 Å². The number of thioether (sulfide) groups is 1. The molecule has 9 heteroatoms.